The topological polar surface area (TPSA) is 53.4 Å². The number of likely N-dealkylation sites (tertiary alicyclic amines) is 1. The van der Waals surface area contributed by atoms with E-state index in [1.165, 1.54) is 0 Å². The van der Waals surface area contributed by atoms with E-state index in [2.05, 4.69) is 11.9 Å². The van der Waals surface area contributed by atoms with Crippen LogP contribution in [-0.4, -0.2) is 40.1 Å². The molecule has 1 aromatic heterocycles. The van der Waals surface area contributed by atoms with E-state index in [4.69, 9.17) is 0 Å². The molecular formula is C13H18N2O2. The van der Waals surface area contributed by atoms with Crippen molar-refractivity contribution in [3.63, 3.8) is 0 Å². The van der Waals surface area contributed by atoms with Crippen LogP contribution in [0.2, 0.25) is 0 Å². The zero-order chi connectivity index (χ0) is 12.4. The molecule has 4 heteroatoms. The van der Waals surface area contributed by atoms with Gasteiger partial charge >= 0.3 is 0 Å². The number of carbonyl (C=O) groups excluding carboxylic acids is 1. The predicted octanol–water partition coefficient (Wildman–Crippen LogP) is 1.23. The molecular weight excluding hydrogens is 216 g/mol. The fourth-order valence-electron chi connectivity index (χ4n) is 2.38. The number of pyridine rings is 1. The third-order valence-electron chi connectivity index (χ3n) is 3.45. The molecule has 0 spiro atoms. The highest BCUT2D eigenvalue weighted by Crippen LogP contribution is 2.25. The lowest BCUT2D eigenvalue weighted by molar-refractivity contribution is 0.0647. The highest BCUT2D eigenvalue weighted by molar-refractivity contribution is 5.94. The average Bonchev–Trinajstić information content (AvgIpc) is 2.69. The van der Waals surface area contributed by atoms with Crippen molar-refractivity contribution in [1.29, 1.82) is 0 Å². The standard InChI is InChI=1S/C13H18N2O2/c1-9-5-11(7-14-6-9)13(17)15-4-3-10(2)12(15)8-16/h5-7,10,12,16H,3-4,8H2,1-2H3. The Morgan fingerprint density at radius 2 is 2.35 bits per heavy atom. The molecule has 1 amide bonds. The van der Waals surface area contributed by atoms with Crippen molar-refractivity contribution in [2.24, 2.45) is 5.92 Å². The second kappa shape index (κ2) is 4.84. The fourth-order valence-corrected chi connectivity index (χ4v) is 2.38. The molecule has 1 aliphatic heterocycles. The van der Waals surface area contributed by atoms with E-state index in [9.17, 15) is 9.90 Å². The molecule has 0 aromatic carbocycles. The van der Waals surface area contributed by atoms with Gasteiger partial charge in [-0.3, -0.25) is 9.78 Å². The van der Waals surface area contributed by atoms with Crippen LogP contribution in [0.3, 0.4) is 0 Å². The summed E-state index contributed by atoms with van der Waals surface area (Å²) in [5, 5.41) is 9.35. The summed E-state index contributed by atoms with van der Waals surface area (Å²) < 4.78 is 0. The van der Waals surface area contributed by atoms with Gasteiger partial charge in [0, 0.05) is 18.9 Å². The van der Waals surface area contributed by atoms with E-state index < -0.39 is 0 Å². The van der Waals surface area contributed by atoms with Crippen LogP contribution >= 0.6 is 0 Å². The Kier molecular flexibility index (Phi) is 3.43. The zero-order valence-corrected chi connectivity index (χ0v) is 10.3. The van der Waals surface area contributed by atoms with Crippen LogP contribution in [0.5, 0.6) is 0 Å². The van der Waals surface area contributed by atoms with Gasteiger partial charge in [0.1, 0.15) is 0 Å². The summed E-state index contributed by atoms with van der Waals surface area (Å²) in [6.07, 6.45) is 4.27. The van der Waals surface area contributed by atoms with Crippen molar-refractivity contribution in [3.05, 3.63) is 29.6 Å². The second-order valence-electron chi connectivity index (χ2n) is 4.77. The summed E-state index contributed by atoms with van der Waals surface area (Å²) in [6, 6.07) is 1.79. The molecule has 2 unspecified atom stereocenters. The van der Waals surface area contributed by atoms with Gasteiger partial charge in [-0.05, 0) is 30.9 Å². The summed E-state index contributed by atoms with van der Waals surface area (Å²) in [4.78, 5) is 18.1. The highest BCUT2D eigenvalue weighted by atomic mass is 16.3. The van der Waals surface area contributed by atoms with E-state index in [1.54, 1.807) is 17.3 Å². The minimum Gasteiger partial charge on any atom is -0.394 e. The van der Waals surface area contributed by atoms with E-state index in [0.717, 1.165) is 18.5 Å². The minimum atomic E-state index is -0.0528. The number of carbonyl (C=O) groups is 1. The molecule has 1 saturated heterocycles. The first-order valence-electron chi connectivity index (χ1n) is 5.97. The van der Waals surface area contributed by atoms with Gasteiger partial charge in [0.2, 0.25) is 0 Å². The average molecular weight is 234 g/mol. The van der Waals surface area contributed by atoms with E-state index >= 15 is 0 Å². The Balaban J connectivity index is 2.20. The van der Waals surface area contributed by atoms with Crippen LogP contribution in [-0.2, 0) is 0 Å². The molecule has 17 heavy (non-hydrogen) atoms. The predicted molar refractivity (Wildman–Crippen MR) is 64.7 cm³/mol. The first-order valence-corrected chi connectivity index (χ1v) is 5.97. The lowest BCUT2D eigenvalue weighted by Crippen LogP contribution is -2.39. The zero-order valence-electron chi connectivity index (χ0n) is 10.3. The van der Waals surface area contributed by atoms with Gasteiger partial charge in [0.05, 0.1) is 18.2 Å². The SMILES string of the molecule is Cc1cncc(C(=O)N2CCC(C)C2CO)c1. The minimum absolute atomic E-state index is 0.0235. The number of aliphatic hydroxyl groups is 1. The maximum atomic E-state index is 12.3. The fraction of sp³-hybridized carbons (Fsp3) is 0.538. The van der Waals surface area contributed by atoms with Gasteiger partial charge in [-0.15, -0.1) is 0 Å². The molecule has 2 heterocycles. The van der Waals surface area contributed by atoms with Gasteiger partial charge in [0.25, 0.3) is 5.91 Å². The summed E-state index contributed by atoms with van der Waals surface area (Å²) in [5.74, 6) is 0.339. The van der Waals surface area contributed by atoms with Crippen LogP contribution in [0.4, 0.5) is 0 Å². The monoisotopic (exact) mass is 234 g/mol. The number of nitrogens with zero attached hydrogens (tertiary/aromatic N) is 2. The number of aryl methyl sites for hydroxylation is 1. The summed E-state index contributed by atoms with van der Waals surface area (Å²) >= 11 is 0. The van der Waals surface area contributed by atoms with Crippen molar-refractivity contribution >= 4 is 5.91 Å². The van der Waals surface area contributed by atoms with Crippen molar-refractivity contribution in [2.45, 2.75) is 26.3 Å². The van der Waals surface area contributed by atoms with Crippen molar-refractivity contribution in [1.82, 2.24) is 9.88 Å². The van der Waals surface area contributed by atoms with E-state index in [-0.39, 0.29) is 18.6 Å². The number of hydrogen-bond donors (Lipinski definition) is 1. The van der Waals surface area contributed by atoms with Gasteiger partial charge in [-0.2, -0.15) is 0 Å². The molecule has 0 bridgehead atoms. The molecule has 0 radical (unpaired) electrons. The summed E-state index contributed by atoms with van der Waals surface area (Å²) in [7, 11) is 0. The molecule has 1 aromatic rings. The van der Waals surface area contributed by atoms with Crippen molar-refractivity contribution in [2.75, 3.05) is 13.2 Å². The van der Waals surface area contributed by atoms with Gasteiger partial charge < -0.3 is 10.0 Å². The smallest absolute Gasteiger partial charge is 0.255 e. The van der Waals surface area contributed by atoms with Crippen LogP contribution < -0.4 is 0 Å². The Labute approximate surface area is 101 Å². The maximum absolute atomic E-state index is 12.3. The van der Waals surface area contributed by atoms with E-state index in [1.807, 2.05) is 13.0 Å². The Morgan fingerprint density at radius 1 is 1.59 bits per heavy atom. The van der Waals surface area contributed by atoms with Crippen LogP contribution in [0.1, 0.15) is 29.3 Å². The number of aliphatic hydroxyl groups excluding tert-OH is 1. The second-order valence-corrected chi connectivity index (χ2v) is 4.77. The number of rotatable bonds is 2. The molecule has 0 aliphatic carbocycles. The van der Waals surface area contributed by atoms with Crippen molar-refractivity contribution in [3.8, 4) is 0 Å². The van der Waals surface area contributed by atoms with Gasteiger partial charge in [-0.25, -0.2) is 0 Å². The molecule has 2 atom stereocenters. The molecule has 1 aliphatic rings. The van der Waals surface area contributed by atoms with Gasteiger partial charge in [-0.1, -0.05) is 6.92 Å². The quantitative estimate of drug-likeness (QED) is 0.837. The molecule has 1 fully saturated rings. The molecule has 92 valence electrons. The highest BCUT2D eigenvalue weighted by Gasteiger charge is 2.34. The third kappa shape index (κ3) is 2.31. The van der Waals surface area contributed by atoms with Crippen LogP contribution in [0.25, 0.3) is 0 Å². The molecule has 2 rings (SSSR count). The lowest BCUT2D eigenvalue weighted by Gasteiger charge is -2.25. The molecule has 0 saturated carbocycles. The Bertz CT molecular complexity index is 420. The Hall–Kier alpha value is -1.42. The van der Waals surface area contributed by atoms with Crippen molar-refractivity contribution < 1.29 is 9.90 Å². The normalized spacial score (nSPS) is 24.1. The third-order valence-corrected chi connectivity index (χ3v) is 3.45. The van der Waals surface area contributed by atoms with Crippen LogP contribution in [0.15, 0.2) is 18.5 Å². The molecule has 1 N–H and O–H groups in total. The largest absolute Gasteiger partial charge is 0.394 e. The number of hydrogen-bond acceptors (Lipinski definition) is 3. The summed E-state index contributed by atoms with van der Waals surface area (Å²) in [5.41, 5.74) is 1.58. The maximum Gasteiger partial charge on any atom is 0.255 e. The Morgan fingerprint density at radius 3 is 3.00 bits per heavy atom. The van der Waals surface area contributed by atoms with Gasteiger partial charge in [0.15, 0.2) is 0 Å². The van der Waals surface area contributed by atoms with Crippen LogP contribution in [0, 0.1) is 12.8 Å². The number of amides is 1. The first kappa shape index (κ1) is 12.0. The molecule has 4 nitrogen and oxygen atoms in total. The lowest BCUT2D eigenvalue weighted by atomic mass is 10.0. The number of aromatic nitrogens is 1. The first-order chi connectivity index (χ1) is 8.13. The van der Waals surface area contributed by atoms with E-state index in [0.29, 0.717) is 11.5 Å². The summed E-state index contributed by atoms with van der Waals surface area (Å²) in [6.45, 7) is 4.74.